The normalized spacial score (nSPS) is 17.0. The Morgan fingerprint density at radius 3 is 2.92 bits per heavy atom. The number of hydrogen-bond acceptors (Lipinski definition) is 2. The largest absolute Gasteiger partial charge is 0.314 e. The van der Waals surface area contributed by atoms with Gasteiger partial charge in [-0.15, -0.1) is 0 Å². The third kappa shape index (κ3) is 2.45. The first-order valence-electron chi connectivity index (χ1n) is 4.41. The Kier molecular flexibility index (Phi) is 2.86. The molecule has 0 spiro atoms. The Balaban J connectivity index is 1.86. The topological polar surface area (TPSA) is 12.0 Å². The van der Waals surface area contributed by atoms with E-state index in [0.717, 1.165) is 29.7 Å². The summed E-state index contributed by atoms with van der Waals surface area (Å²) >= 11 is 1.90. The summed E-state index contributed by atoms with van der Waals surface area (Å²) in [4.78, 5) is 0. The van der Waals surface area contributed by atoms with Crippen molar-refractivity contribution in [2.75, 3.05) is 13.1 Å². The molecule has 0 unspecified atom stereocenters. The van der Waals surface area contributed by atoms with E-state index in [-0.39, 0.29) is 5.82 Å². The zero-order valence-corrected chi connectivity index (χ0v) is 8.11. The first kappa shape index (κ1) is 9.03. The molecule has 13 heavy (non-hydrogen) atoms. The molecule has 1 aliphatic heterocycles. The number of nitrogens with one attached hydrogen (secondary N) is 1. The summed E-state index contributed by atoms with van der Waals surface area (Å²) in [6, 6.07) is 6.84. The van der Waals surface area contributed by atoms with Crippen LogP contribution < -0.4 is 5.32 Å². The van der Waals surface area contributed by atoms with Gasteiger partial charge in [-0.3, -0.25) is 0 Å². The molecule has 0 atom stereocenters. The predicted octanol–water partition coefficient (Wildman–Crippen LogP) is 2.03. The summed E-state index contributed by atoms with van der Waals surface area (Å²) in [5, 5.41) is 3.94. The van der Waals surface area contributed by atoms with Crippen LogP contribution in [-0.2, 0) is 5.75 Å². The molecular formula is C10H12FNS. The highest BCUT2D eigenvalue weighted by atomic mass is 32.2. The lowest BCUT2D eigenvalue weighted by Gasteiger charge is -2.26. The number of rotatable bonds is 3. The molecule has 1 saturated heterocycles. The van der Waals surface area contributed by atoms with Crippen molar-refractivity contribution in [3.63, 3.8) is 0 Å². The fourth-order valence-electron chi connectivity index (χ4n) is 1.22. The molecule has 1 aromatic rings. The van der Waals surface area contributed by atoms with Crippen LogP contribution in [0.25, 0.3) is 0 Å². The van der Waals surface area contributed by atoms with E-state index in [0.29, 0.717) is 0 Å². The van der Waals surface area contributed by atoms with Crippen LogP contribution in [0.15, 0.2) is 24.3 Å². The van der Waals surface area contributed by atoms with Gasteiger partial charge >= 0.3 is 0 Å². The van der Waals surface area contributed by atoms with E-state index in [4.69, 9.17) is 0 Å². The summed E-state index contributed by atoms with van der Waals surface area (Å²) in [7, 11) is 0. The molecule has 0 aromatic heterocycles. The Hall–Kier alpha value is -0.540. The molecule has 2 rings (SSSR count). The summed E-state index contributed by atoms with van der Waals surface area (Å²) < 4.78 is 12.8. The van der Waals surface area contributed by atoms with Crippen molar-refractivity contribution in [2.24, 2.45) is 0 Å². The van der Waals surface area contributed by atoms with Gasteiger partial charge in [-0.05, 0) is 17.7 Å². The van der Waals surface area contributed by atoms with Gasteiger partial charge in [-0.2, -0.15) is 11.8 Å². The fraction of sp³-hybridized carbons (Fsp3) is 0.400. The van der Waals surface area contributed by atoms with E-state index in [1.165, 1.54) is 6.07 Å². The number of thioether (sulfide) groups is 1. The highest BCUT2D eigenvalue weighted by molar-refractivity contribution is 7.99. The molecule has 1 fully saturated rings. The van der Waals surface area contributed by atoms with Crippen molar-refractivity contribution in [3.05, 3.63) is 35.6 Å². The van der Waals surface area contributed by atoms with Crippen LogP contribution in [0, 0.1) is 5.82 Å². The second kappa shape index (κ2) is 4.11. The first-order valence-corrected chi connectivity index (χ1v) is 5.46. The minimum atomic E-state index is -0.134. The highest BCUT2D eigenvalue weighted by Crippen LogP contribution is 2.20. The number of benzene rings is 1. The smallest absolute Gasteiger partial charge is 0.123 e. The number of halogens is 1. The standard InChI is InChI=1S/C10H12FNS/c11-9-3-1-2-8(4-9)7-13-10-5-12-6-10/h1-4,10,12H,5-7H2. The van der Waals surface area contributed by atoms with Crippen molar-refractivity contribution < 1.29 is 4.39 Å². The molecule has 0 radical (unpaired) electrons. The van der Waals surface area contributed by atoms with Gasteiger partial charge in [0.1, 0.15) is 5.82 Å². The fourth-order valence-corrected chi connectivity index (χ4v) is 2.30. The van der Waals surface area contributed by atoms with Crippen LogP contribution in [0.4, 0.5) is 4.39 Å². The zero-order valence-electron chi connectivity index (χ0n) is 7.29. The van der Waals surface area contributed by atoms with Crippen molar-refractivity contribution in [3.8, 4) is 0 Å². The van der Waals surface area contributed by atoms with Crippen LogP contribution in [0.3, 0.4) is 0 Å². The molecule has 1 aliphatic rings. The van der Waals surface area contributed by atoms with Gasteiger partial charge in [0.05, 0.1) is 0 Å². The second-order valence-corrected chi connectivity index (χ2v) is 4.51. The lowest BCUT2D eigenvalue weighted by atomic mass is 10.2. The van der Waals surface area contributed by atoms with Gasteiger partial charge in [-0.25, -0.2) is 4.39 Å². The lowest BCUT2D eigenvalue weighted by Crippen LogP contribution is -2.44. The van der Waals surface area contributed by atoms with Gasteiger partial charge in [-0.1, -0.05) is 12.1 Å². The Bertz CT molecular complexity index is 286. The molecule has 1 N–H and O–H groups in total. The third-order valence-corrected chi connectivity index (χ3v) is 3.42. The van der Waals surface area contributed by atoms with Crippen LogP contribution in [0.2, 0.25) is 0 Å². The molecular weight excluding hydrogens is 185 g/mol. The van der Waals surface area contributed by atoms with Crippen LogP contribution in [-0.4, -0.2) is 18.3 Å². The van der Waals surface area contributed by atoms with E-state index < -0.39 is 0 Å². The average Bonchev–Trinajstić information content (AvgIpc) is 2.01. The van der Waals surface area contributed by atoms with Crippen molar-refractivity contribution in [2.45, 2.75) is 11.0 Å². The first-order chi connectivity index (χ1) is 6.34. The Morgan fingerprint density at radius 2 is 2.31 bits per heavy atom. The highest BCUT2D eigenvalue weighted by Gasteiger charge is 2.16. The molecule has 0 aliphatic carbocycles. The zero-order chi connectivity index (χ0) is 9.10. The Labute approximate surface area is 81.7 Å². The number of hydrogen-bond donors (Lipinski definition) is 1. The van der Waals surface area contributed by atoms with Gasteiger partial charge in [0.25, 0.3) is 0 Å². The van der Waals surface area contributed by atoms with Crippen LogP contribution in [0.1, 0.15) is 5.56 Å². The molecule has 0 amide bonds. The monoisotopic (exact) mass is 197 g/mol. The predicted molar refractivity (Wildman–Crippen MR) is 54.4 cm³/mol. The maximum absolute atomic E-state index is 12.8. The lowest BCUT2D eigenvalue weighted by molar-refractivity contribution is 0.543. The maximum Gasteiger partial charge on any atom is 0.123 e. The SMILES string of the molecule is Fc1cccc(CSC2CNC2)c1. The molecule has 1 nitrogen and oxygen atoms in total. The van der Waals surface area contributed by atoms with E-state index >= 15 is 0 Å². The molecule has 0 bridgehead atoms. The van der Waals surface area contributed by atoms with Gasteiger partial charge < -0.3 is 5.32 Å². The molecule has 3 heteroatoms. The van der Waals surface area contributed by atoms with Gasteiger partial charge in [0, 0.05) is 24.1 Å². The minimum Gasteiger partial charge on any atom is -0.314 e. The van der Waals surface area contributed by atoms with Crippen LogP contribution >= 0.6 is 11.8 Å². The molecule has 1 aromatic carbocycles. The second-order valence-electron chi connectivity index (χ2n) is 3.22. The average molecular weight is 197 g/mol. The summed E-state index contributed by atoms with van der Waals surface area (Å²) in [5.41, 5.74) is 1.08. The van der Waals surface area contributed by atoms with Crippen molar-refractivity contribution >= 4 is 11.8 Å². The summed E-state index contributed by atoms with van der Waals surface area (Å²) in [6.45, 7) is 2.19. The van der Waals surface area contributed by atoms with E-state index in [1.807, 2.05) is 17.8 Å². The Morgan fingerprint density at radius 1 is 1.46 bits per heavy atom. The molecule has 70 valence electrons. The molecule has 1 heterocycles. The summed E-state index contributed by atoms with van der Waals surface area (Å²) in [6.07, 6.45) is 0. The third-order valence-electron chi connectivity index (χ3n) is 2.12. The van der Waals surface area contributed by atoms with Crippen LogP contribution in [0.5, 0.6) is 0 Å². The van der Waals surface area contributed by atoms with Gasteiger partial charge in [0.2, 0.25) is 0 Å². The minimum absolute atomic E-state index is 0.134. The van der Waals surface area contributed by atoms with E-state index in [9.17, 15) is 4.39 Å². The van der Waals surface area contributed by atoms with E-state index in [2.05, 4.69) is 5.32 Å². The van der Waals surface area contributed by atoms with Crippen molar-refractivity contribution in [1.82, 2.24) is 5.32 Å². The maximum atomic E-state index is 12.8. The van der Waals surface area contributed by atoms with Gasteiger partial charge in [0.15, 0.2) is 0 Å². The summed E-state index contributed by atoms with van der Waals surface area (Å²) in [5.74, 6) is 0.786. The van der Waals surface area contributed by atoms with E-state index in [1.54, 1.807) is 12.1 Å². The van der Waals surface area contributed by atoms with Crippen molar-refractivity contribution in [1.29, 1.82) is 0 Å². The quantitative estimate of drug-likeness (QED) is 0.795. The molecule has 0 saturated carbocycles.